The first-order valence-corrected chi connectivity index (χ1v) is 6.69. The maximum absolute atomic E-state index is 12.3. The van der Waals surface area contributed by atoms with Gasteiger partial charge in [-0.05, 0) is 18.2 Å². The molecule has 1 heterocycles. The van der Waals surface area contributed by atoms with E-state index in [-0.39, 0.29) is 10.6 Å². The van der Waals surface area contributed by atoms with Gasteiger partial charge in [-0.15, -0.1) is 0 Å². The molecule has 0 aliphatic carbocycles. The van der Waals surface area contributed by atoms with Crippen LogP contribution in [0.1, 0.15) is 0 Å². The van der Waals surface area contributed by atoms with Crippen LogP contribution in [0.15, 0.2) is 23.1 Å². The van der Waals surface area contributed by atoms with Crippen LogP contribution in [0.2, 0.25) is 0 Å². The number of hydrogen-bond acceptors (Lipinski definition) is 5. The van der Waals surface area contributed by atoms with E-state index in [1.54, 1.807) is 0 Å². The number of anilines is 2. The Kier molecular flexibility index (Phi) is 3.23. The second-order valence-electron chi connectivity index (χ2n) is 3.81. The molecule has 0 atom stereocenters. The smallest absolute Gasteiger partial charge is 0.245 e. The summed E-state index contributed by atoms with van der Waals surface area (Å²) in [5, 5.41) is 0. The van der Waals surface area contributed by atoms with Gasteiger partial charge in [0, 0.05) is 18.8 Å². The van der Waals surface area contributed by atoms with E-state index in [1.165, 1.54) is 22.5 Å². The van der Waals surface area contributed by atoms with Gasteiger partial charge in [-0.25, -0.2) is 8.42 Å². The highest BCUT2D eigenvalue weighted by Crippen LogP contribution is 2.24. The zero-order valence-electron chi connectivity index (χ0n) is 9.30. The number of ether oxygens (including phenoxy) is 1. The molecule has 0 bridgehead atoms. The van der Waals surface area contributed by atoms with Gasteiger partial charge in [-0.2, -0.15) is 4.31 Å². The summed E-state index contributed by atoms with van der Waals surface area (Å²) in [7, 11) is -3.54. The highest BCUT2D eigenvalue weighted by Gasteiger charge is 2.27. The van der Waals surface area contributed by atoms with Crippen molar-refractivity contribution in [3.63, 3.8) is 0 Å². The molecular formula is C10H15N3O3S. The minimum Gasteiger partial charge on any atom is -0.399 e. The zero-order valence-corrected chi connectivity index (χ0v) is 10.1. The summed E-state index contributed by atoms with van der Waals surface area (Å²) in [5.74, 6) is 0. The van der Waals surface area contributed by atoms with E-state index in [9.17, 15) is 8.42 Å². The molecule has 17 heavy (non-hydrogen) atoms. The first-order chi connectivity index (χ1) is 8.01. The Morgan fingerprint density at radius 1 is 1.18 bits per heavy atom. The van der Waals surface area contributed by atoms with Gasteiger partial charge in [0.15, 0.2) is 0 Å². The van der Waals surface area contributed by atoms with Crippen LogP contribution in [0.3, 0.4) is 0 Å². The second kappa shape index (κ2) is 4.52. The summed E-state index contributed by atoms with van der Waals surface area (Å²) in [6, 6.07) is 4.42. The number of hydrogen-bond donors (Lipinski definition) is 2. The lowest BCUT2D eigenvalue weighted by Crippen LogP contribution is -2.40. The van der Waals surface area contributed by atoms with Crippen LogP contribution in [0.4, 0.5) is 11.4 Å². The van der Waals surface area contributed by atoms with Gasteiger partial charge >= 0.3 is 0 Å². The molecule has 0 unspecified atom stereocenters. The fourth-order valence-corrected chi connectivity index (χ4v) is 3.23. The Hall–Kier alpha value is -1.31. The summed E-state index contributed by atoms with van der Waals surface area (Å²) in [6.07, 6.45) is 0. The summed E-state index contributed by atoms with van der Waals surface area (Å²) in [5.41, 5.74) is 11.9. The first-order valence-electron chi connectivity index (χ1n) is 5.25. The normalized spacial score (nSPS) is 18.1. The molecule has 0 aromatic heterocycles. The number of sulfonamides is 1. The quantitative estimate of drug-likeness (QED) is 0.719. The fourth-order valence-electron chi connectivity index (χ4n) is 1.73. The number of nitrogens with zero attached hydrogens (tertiary/aromatic N) is 1. The molecule has 0 radical (unpaired) electrons. The van der Waals surface area contributed by atoms with Gasteiger partial charge in [-0.3, -0.25) is 0 Å². The van der Waals surface area contributed by atoms with Crippen LogP contribution in [0, 0.1) is 0 Å². The molecular weight excluding hydrogens is 242 g/mol. The van der Waals surface area contributed by atoms with E-state index in [2.05, 4.69) is 0 Å². The molecule has 0 saturated carbocycles. The largest absolute Gasteiger partial charge is 0.399 e. The molecule has 0 amide bonds. The molecule has 1 aliphatic heterocycles. The molecule has 1 aromatic rings. The molecule has 0 spiro atoms. The Morgan fingerprint density at radius 3 is 2.41 bits per heavy atom. The summed E-state index contributed by atoms with van der Waals surface area (Å²) < 4.78 is 31.0. The number of benzene rings is 1. The second-order valence-corrected chi connectivity index (χ2v) is 5.72. The van der Waals surface area contributed by atoms with Gasteiger partial charge in [-0.1, -0.05) is 0 Å². The molecule has 1 saturated heterocycles. The van der Waals surface area contributed by atoms with Crippen molar-refractivity contribution in [1.29, 1.82) is 0 Å². The minimum absolute atomic E-state index is 0.105. The lowest BCUT2D eigenvalue weighted by Gasteiger charge is -2.26. The molecule has 1 fully saturated rings. The number of rotatable bonds is 2. The lowest BCUT2D eigenvalue weighted by atomic mass is 10.3. The van der Waals surface area contributed by atoms with E-state index < -0.39 is 10.0 Å². The van der Waals surface area contributed by atoms with Crippen LogP contribution in [-0.4, -0.2) is 39.0 Å². The topological polar surface area (TPSA) is 98.7 Å². The first kappa shape index (κ1) is 12.2. The van der Waals surface area contributed by atoms with Crippen molar-refractivity contribution in [3.05, 3.63) is 18.2 Å². The van der Waals surface area contributed by atoms with E-state index >= 15 is 0 Å². The van der Waals surface area contributed by atoms with Gasteiger partial charge < -0.3 is 16.2 Å². The van der Waals surface area contributed by atoms with Gasteiger partial charge in [0.05, 0.1) is 18.9 Å². The van der Waals surface area contributed by atoms with Crippen LogP contribution in [0.5, 0.6) is 0 Å². The molecule has 6 nitrogen and oxygen atoms in total. The van der Waals surface area contributed by atoms with Crippen molar-refractivity contribution in [2.45, 2.75) is 4.90 Å². The molecule has 1 aliphatic rings. The standard InChI is InChI=1S/C10H15N3O3S/c11-8-1-2-10(9(12)7-8)17(14,15)13-3-5-16-6-4-13/h1-2,7H,3-6,11-12H2. The van der Waals surface area contributed by atoms with Gasteiger partial charge in [0.2, 0.25) is 10.0 Å². The fraction of sp³-hybridized carbons (Fsp3) is 0.400. The van der Waals surface area contributed by atoms with Crippen LogP contribution in [0.25, 0.3) is 0 Å². The Balaban J connectivity index is 2.37. The van der Waals surface area contributed by atoms with Crippen molar-refractivity contribution in [1.82, 2.24) is 4.31 Å². The molecule has 1 aromatic carbocycles. The van der Waals surface area contributed by atoms with E-state index in [4.69, 9.17) is 16.2 Å². The van der Waals surface area contributed by atoms with Crippen molar-refractivity contribution >= 4 is 21.4 Å². The van der Waals surface area contributed by atoms with E-state index in [0.29, 0.717) is 32.0 Å². The predicted molar refractivity (Wildman–Crippen MR) is 64.8 cm³/mol. The van der Waals surface area contributed by atoms with Crippen LogP contribution >= 0.6 is 0 Å². The van der Waals surface area contributed by atoms with E-state index in [0.717, 1.165) is 0 Å². The molecule has 2 rings (SSSR count). The van der Waals surface area contributed by atoms with Gasteiger partial charge in [0.25, 0.3) is 0 Å². The maximum Gasteiger partial charge on any atom is 0.245 e. The number of nitrogens with two attached hydrogens (primary N) is 2. The predicted octanol–water partition coefficient (Wildman–Crippen LogP) is -0.128. The summed E-state index contributed by atoms with van der Waals surface area (Å²) in [4.78, 5) is 0.105. The third-order valence-electron chi connectivity index (χ3n) is 2.62. The minimum atomic E-state index is -3.54. The van der Waals surface area contributed by atoms with Crippen molar-refractivity contribution in [3.8, 4) is 0 Å². The highest BCUT2D eigenvalue weighted by atomic mass is 32.2. The SMILES string of the molecule is Nc1ccc(S(=O)(=O)N2CCOCC2)c(N)c1. The number of nitrogen functional groups attached to an aromatic ring is 2. The van der Waals surface area contributed by atoms with Crippen LogP contribution < -0.4 is 11.5 Å². The monoisotopic (exact) mass is 257 g/mol. The third kappa shape index (κ3) is 2.36. The number of morpholine rings is 1. The molecule has 94 valence electrons. The average Bonchev–Trinajstić information content (AvgIpc) is 2.29. The summed E-state index contributed by atoms with van der Waals surface area (Å²) >= 11 is 0. The maximum atomic E-state index is 12.3. The summed E-state index contributed by atoms with van der Waals surface area (Å²) in [6.45, 7) is 1.53. The Bertz CT molecular complexity index is 510. The van der Waals surface area contributed by atoms with Crippen molar-refractivity contribution < 1.29 is 13.2 Å². The van der Waals surface area contributed by atoms with Crippen molar-refractivity contribution in [2.75, 3.05) is 37.8 Å². The zero-order chi connectivity index (χ0) is 12.5. The Morgan fingerprint density at radius 2 is 1.82 bits per heavy atom. The lowest BCUT2D eigenvalue weighted by molar-refractivity contribution is 0.0730. The van der Waals surface area contributed by atoms with Gasteiger partial charge in [0.1, 0.15) is 4.90 Å². The average molecular weight is 257 g/mol. The molecule has 4 N–H and O–H groups in total. The van der Waals surface area contributed by atoms with Crippen LogP contribution in [-0.2, 0) is 14.8 Å². The highest BCUT2D eigenvalue weighted by molar-refractivity contribution is 7.89. The van der Waals surface area contributed by atoms with Crippen molar-refractivity contribution in [2.24, 2.45) is 0 Å². The van der Waals surface area contributed by atoms with E-state index in [1.807, 2.05) is 0 Å². The molecule has 7 heteroatoms. The third-order valence-corrected chi connectivity index (χ3v) is 4.59. The Labute approximate surface area is 100 Å².